The van der Waals surface area contributed by atoms with Crippen molar-refractivity contribution in [2.45, 2.75) is 18.4 Å². The molecular weight excluding hydrogens is 386 g/mol. The zero-order chi connectivity index (χ0) is 19.0. The summed E-state index contributed by atoms with van der Waals surface area (Å²) < 4.78 is 32.5. The molecule has 0 bridgehead atoms. The molecule has 0 radical (unpaired) electrons. The molecule has 0 aliphatic heterocycles. The van der Waals surface area contributed by atoms with Gasteiger partial charge in [-0.1, -0.05) is 24.3 Å². The first kappa shape index (κ1) is 17.7. The molecule has 4 aromatic rings. The summed E-state index contributed by atoms with van der Waals surface area (Å²) in [5.41, 5.74) is 3.42. The van der Waals surface area contributed by atoms with Gasteiger partial charge in [-0.25, -0.2) is 22.9 Å². The zero-order valence-electron chi connectivity index (χ0n) is 14.2. The van der Waals surface area contributed by atoms with Crippen LogP contribution < -0.4 is 10.5 Å². The molecule has 27 heavy (non-hydrogen) atoms. The molecule has 0 saturated heterocycles. The summed E-state index contributed by atoms with van der Waals surface area (Å²) in [5.74, 6) is -0.626. The van der Waals surface area contributed by atoms with E-state index in [0.29, 0.717) is 11.2 Å². The van der Waals surface area contributed by atoms with Gasteiger partial charge in [-0.15, -0.1) is 11.3 Å². The number of benzene rings is 2. The van der Waals surface area contributed by atoms with E-state index in [4.69, 9.17) is 4.42 Å². The first-order chi connectivity index (χ1) is 12.9. The molecule has 0 amide bonds. The molecule has 4 rings (SSSR count). The Balaban J connectivity index is 1.53. The fourth-order valence-corrected chi connectivity index (χ4v) is 4.59. The van der Waals surface area contributed by atoms with Crippen LogP contribution in [0.5, 0.6) is 0 Å². The first-order valence-corrected chi connectivity index (χ1v) is 10.4. The van der Waals surface area contributed by atoms with Crippen molar-refractivity contribution in [1.82, 2.24) is 14.7 Å². The molecule has 0 spiro atoms. The Bertz CT molecular complexity index is 1290. The van der Waals surface area contributed by atoms with Crippen LogP contribution in [0.1, 0.15) is 11.3 Å². The van der Waals surface area contributed by atoms with Gasteiger partial charge in [0.25, 0.3) is 0 Å². The van der Waals surface area contributed by atoms with Gasteiger partial charge in [0.1, 0.15) is 5.01 Å². The molecule has 0 fully saturated rings. The van der Waals surface area contributed by atoms with Crippen molar-refractivity contribution in [2.24, 2.45) is 0 Å². The standard InChI is InChI=1S/C18H15N3O4S2/c1-11-4-2-3-5-14(11)17-20-12(10-26-17)9-19-27(23,24)13-6-7-15-16(8-13)25-18(22)21-15/h2-8,10,19H,9H2,1H3,(H,21,22). The molecule has 0 atom stereocenters. The Hall–Kier alpha value is -2.75. The van der Waals surface area contributed by atoms with Crippen LogP contribution in [0.4, 0.5) is 0 Å². The highest BCUT2D eigenvalue weighted by Gasteiger charge is 2.17. The first-order valence-electron chi connectivity index (χ1n) is 8.05. The second-order valence-electron chi connectivity index (χ2n) is 5.96. The molecule has 138 valence electrons. The lowest BCUT2D eigenvalue weighted by molar-refractivity contribution is 0.553. The Labute approximate surface area is 158 Å². The Morgan fingerprint density at radius 1 is 1.22 bits per heavy atom. The van der Waals surface area contributed by atoms with Crippen molar-refractivity contribution < 1.29 is 12.8 Å². The average Bonchev–Trinajstić information content (AvgIpc) is 3.25. The molecule has 0 saturated carbocycles. The van der Waals surface area contributed by atoms with Gasteiger partial charge in [-0.2, -0.15) is 0 Å². The zero-order valence-corrected chi connectivity index (χ0v) is 15.9. The number of thiazole rings is 1. The van der Waals surface area contributed by atoms with Crippen LogP contribution in [-0.2, 0) is 16.6 Å². The quantitative estimate of drug-likeness (QED) is 0.535. The average molecular weight is 401 g/mol. The molecular formula is C18H15N3O4S2. The predicted molar refractivity (Wildman–Crippen MR) is 103 cm³/mol. The second-order valence-corrected chi connectivity index (χ2v) is 8.58. The number of hydrogen-bond donors (Lipinski definition) is 2. The van der Waals surface area contributed by atoms with Gasteiger partial charge >= 0.3 is 5.76 Å². The van der Waals surface area contributed by atoms with Crippen molar-refractivity contribution in [2.75, 3.05) is 0 Å². The van der Waals surface area contributed by atoms with Crippen LogP contribution in [0.3, 0.4) is 0 Å². The van der Waals surface area contributed by atoms with Gasteiger partial charge < -0.3 is 4.42 Å². The third-order valence-electron chi connectivity index (χ3n) is 4.07. The third-order valence-corrected chi connectivity index (χ3v) is 6.40. The van der Waals surface area contributed by atoms with Crippen LogP contribution in [0.2, 0.25) is 0 Å². The van der Waals surface area contributed by atoms with Crippen LogP contribution in [0.25, 0.3) is 21.7 Å². The maximum absolute atomic E-state index is 12.5. The largest absolute Gasteiger partial charge is 0.417 e. The van der Waals surface area contributed by atoms with Crippen LogP contribution in [0.15, 0.2) is 62.0 Å². The minimum atomic E-state index is -3.77. The summed E-state index contributed by atoms with van der Waals surface area (Å²) in [5, 5.41) is 2.68. The molecule has 2 heterocycles. The molecule has 0 aliphatic rings. The Morgan fingerprint density at radius 2 is 2.04 bits per heavy atom. The SMILES string of the molecule is Cc1ccccc1-c1nc(CNS(=O)(=O)c2ccc3[nH]c(=O)oc3c2)cs1. The summed E-state index contributed by atoms with van der Waals surface area (Å²) in [6.07, 6.45) is 0. The summed E-state index contributed by atoms with van der Waals surface area (Å²) in [6, 6.07) is 12.1. The van der Waals surface area contributed by atoms with Gasteiger partial charge in [0.15, 0.2) is 5.58 Å². The molecule has 2 N–H and O–H groups in total. The number of nitrogens with zero attached hydrogens (tertiary/aromatic N) is 1. The Kier molecular flexibility index (Phi) is 4.42. The van der Waals surface area contributed by atoms with Crippen LogP contribution in [0, 0.1) is 6.92 Å². The van der Waals surface area contributed by atoms with Gasteiger partial charge in [0.2, 0.25) is 10.0 Å². The minimum Gasteiger partial charge on any atom is -0.408 e. The number of fused-ring (bicyclic) bond motifs is 1. The van der Waals surface area contributed by atoms with Gasteiger partial charge in [-0.3, -0.25) is 4.98 Å². The van der Waals surface area contributed by atoms with E-state index in [9.17, 15) is 13.2 Å². The number of aromatic amines is 1. The fraction of sp³-hybridized carbons (Fsp3) is 0.111. The fourth-order valence-electron chi connectivity index (χ4n) is 2.67. The van der Waals surface area contributed by atoms with Gasteiger partial charge in [0.05, 0.1) is 22.7 Å². The maximum atomic E-state index is 12.5. The Morgan fingerprint density at radius 3 is 2.85 bits per heavy atom. The number of rotatable bonds is 5. The number of aryl methyl sites for hydroxylation is 1. The number of aromatic nitrogens is 2. The van der Waals surface area contributed by atoms with Gasteiger partial charge in [-0.05, 0) is 24.6 Å². The van der Waals surface area contributed by atoms with Gasteiger partial charge in [0, 0.05) is 17.0 Å². The summed E-state index contributed by atoms with van der Waals surface area (Å²) >= 11 is 1.47. The highest BCUT2D eigenvalue weighted by molar-refractivity contribution is 7.89. The van der Waals surface area contributed by atoms with E-state index in [2.05, 4.69) is 14.7 Å². The predicted octanol–water partition coefficient (Wildman–Crippen LogP) is 3.03. The number of sulfonamides is 1. The number of H-pyrrole nitrogens is 1. The summed E-state index contributed by atoms with van der Waals surface area (Å²) in [7, 11) is -3.77. The topological polar surface area (TPSA) is 105 Å². The van der Waals surface area contributed by atoms with E-state index in [-0.39, 0.29) is 17.0 Å². The molecule has 0 aliphatic carbocycles. The second kappa shape index (κ2) is 6.76. The summed E-state index contributed by atoms with van der Waals surface area (Å²) in [4.78, 5) is 18.2. The van der Waals surface area contributed by atoms with Crippen molar-refractivity contribution >= 4 is 32.5 Å². The van der Waals surface area contributed by atoms with Crippen LogP contribution in [-0.4, -0.2) is 18.4 Å². The maximum Gasteiger partial charge on any atom is 0.417 e. The lowest BCUT2D eigenvalue weighted by Crippen LogP contribution is -2.23. The van der Waals surface area contributed by atoms with Crippen LogP contribution >= 0.6 is 11.3 Å². The highest BCUT2D eigenvalue weighted by Crippen LogP contribution is 2.26. The van der Waals surface area contributed by atoms with E-state index in [1.807, 2.05) is 36.6 Å². The normalized spacial score (nSPS) is 11.9. The molecule has 2 aromatic heterocycles. The number of oxazole rings is 1. The van der Waals surface area contributed by atoms with Crippen molar-refractivity contribution in [1.29, 1.82) is 0 Å². The highest BCUT2D eigenvalue weighted by atomic mass is 32.2. The van der Waals surface area contributed by atoms with E-state index < -0.39 is 15.8 Å². The summed E-state index contributed by atoms with van der Waals surface area (Å²) in [6.45, 7) is 2.08. The number of hydrogen-bond acceptors (Lipinski definition) is 6. The van der Waals surface area contributed by atoms with E-state index in [0.717, 1.165) is 16.1 Å². The number of nitrogens with one attached hydrogen (secondary N) is 2. The monoisotopic (exact) mass is 401 g/mol. The van der Waals surface area contributed by atoms with E-state index in [1.54, 1.807) is 0 Å². The van der Waals surface area contributed by atoms with Crippen molar-refractivity contribution in [3.8, 4) is 10.6 Å². The van der Waals surface area contributed by atoms with Crippen molar-refractivity contribution in [3.05, 3.63) is 69.7 Å². The molecule has 0 unspecified atom stereocenters. The molecule has 2 aromatic carbocycles. The van der Waals surface area contributed by atoms with E-state index in [1.165, 1.54) is 29.5 Å². The smallest absolute Gasteiger partial charge is 0.408 e. The lowest BCUT2D eigenvalue weighted by Gasteiger charge is -2.05. The molecule has 7 nitrogen and oxygen atoms in total. The minimum absolute atomic E-state index is 0.0205. The third kappa shape index (κ3) is 3.57. The molecule has 9 heteroatoms. The van der Waals surface area contributed by atoms with Crippen molar-refractivity contribution in [3.63, 3.8) is 0 Å². The lowest BCUT2D eigenvalue weighted by atomic mass is 10.1. The van der Waals surface area contributed by atoms with E-state index >= 15 is 0 Å².